The molecule has 1 atom stereocenters. The second kappa shape index (κ2) is 4.54. The van der Waals surface area contributed by atoms with Crippen LogP contribution in [0.2, 0.25) is 5.02 Å². The zero-order valence-electron chi connectivity index (χ0n) is 9.44. The van der Waals surface area contributed by atoms with Crippen LogP contribution in [0.4, 0.5) is 0 Å². The van der Waals surface area contributed by atoms with Crippen molar-refractivity contribution in [1.29, 1.82) is 0 Å². The molecule has 0 aromatic heterocycles. The van der Waals surface area contributed by atoms with Crippen LogP contribution >= 0.6 is 11.6 Å². The first kappa shape index (κ1) is 11.0. The van der Waals surface area contributed by atoms with Gasteiger partial charge in [0.1, 0.15) is 0 Å². The van der Waals surface area contributed by atoms with Crippen molar-refractivity contribution in [2.24, 2.45) is 5.92 Å². The molecule has 0 radical (unpaired) electrons. The molecular weight excluding hydrogens is 206 g/mol. The minimum absolute atomic E-state index is 0.810. The Hall–Kier alpha value is -0.530. The lowest BCUT2D eigenvalue weighted by molar-refractivity contribution is 0.578. The first-order valence-corrected chi connectivity index (χ1v) is 6.01. The van der Waals surface area contributed by atoms with Crippen LogP contribution < -0.4 is 5.32 Å². The highest BCUT2D eigenvalue weighted by molar-refractivity contribution is 6.31. The van der Waals surface area contributed by atoms with Gasteiger partial charge in [-0.2, -0.15) is 0 Å². The number of hydrogen-bond acceptors (Lipinski definition) is 1. The molecule has 1 aliphatic rings. The van der Waals surface area contributed by atoms with Crippen LogP contribution in [0.1, 0.15) is 23.1 Å². The van der Waals surface area contributed by atoms with Crippen molar-refractivity contribution in [3.63, 3.8) is 0 Å². The van der Waals surface area contributed by atoms with Crippen LogP contribution in [-0.2, 0) is 6.42 Å². The molecule has 0 saturated carbocycles. The predicted molar refractivity (Wildman–Crippen MR) is 65.6 cm³/mol. The van der Waals surface area contributed by atoms with Crippen LogP contribution in [0.25, 0.3) is 0 Å². The topological polar surface area (TPSA) is 12.0 Å². The van der Waals surface area contributed by atoms with E-state index in [1.54, 1.807) is 0 Å². The second-order valence-electron chi connectivity index (χ2n) is 4.59. The number of benzene rings is 1. The number of halogens is 1. The Morgan fingerprint density at radius 1 is 1.33 bits per heavy atom. The van der Waals surface area contributed by atoms with Crippen LogP contribution in [0.3, 0.4) is 0 Å². The zero-order chi connectivity index (χ0) is 10.8. The van der Waals surface area contributed by atoms with E-state index in [1.807, 2.05) is 0 Å². The van der Waals surface area contributed by atoms with Gasteiger partial charge in [-0.25, -0.2) is 0 Å². The van der Waals surface area contributed by atoms with Crippen molar-refractivity contribution in [2.45, 2.75) is 26.7 Å². The molecule has 0 aliphatic carbocycles. The summed E-state index contributed by atoms with van der Waals surface area (Å²) < 4.78 is 0. The van der Waals surface area contributed by atoms with E-state index in [1.165, 1.54) is 42.6 Å². The number of aryl methyl sites for hydroxylation is 2. The van der Waals surface area contributed by atoms with Gasteiger partial charge in [-0.05, 0) is 68.5 Å². The highest BCUT2D eigenvalue weighted by Gasteiger charge is 2.16. The molecule has 1 heterocycles. The average molecular weight is 224 g/mol. The first-order chi connectivity index (χ1) is 7.16. The number of rotatable bonds is 2. The summed E-state index contributed by atoms with van der Waals surface area (Å²) in [7, 11) is 0. The molecule has 15 heavy (non-hydrogen) atoms. The highest BCUT2D eigenvalue weighted by Crippen LogP contribution is 2.24. The molecule has 1 fully saturated rings. The molecule has 1 nitrogen and oxygen atoms in total. The SMILES string of the molecule is Cc1cc(CC2CCNC2)c(C)cc1Cl. The molecule has 1 aromatic rings. The van der Waals surface area contributed by atoms with Crippen molar-refractivity contribution in [3.05, 3.63) is 33.8 Å². The summed E-state index contributed by atoms with van der Waals surface area (Å²) in [4.78, 5) is 0. The van der Waals surface area contributed by atoms with Crippen LogP contribution in [0.5, 0.6) is 0 Å². The average Bonchev–Trinajstić information content (AvgIpc) is 2.67. The molecule has 0 spiro atoms. The predicted octanol–water partition coefficient (Wildman–Crippen LogP) is 3.11. The van der Waals surface area contributed by atoms with Crippen molar-refractivity contribution < 1.29 is 0 Å². The van der Waals surface area contributed by atoms with Crippen LogP contribution in [0.15, 0.2) is 12.1 Å². The van der Waals surface area contributed by atoms with E-state index in [4.69, 9.17) is 11.6 Å². The lowest BCUT2D eigenvalue weighted by Gasteiger charge is -2.12. The minimum atomic E-state index is 0.810. The summed E-state index contributed by atoms with van der Waals surface area (Å²) in [6.07, 6.45) is 2.50. The molecule has 1 saturated heterocycles. The van der Waals surface area contributed by atoms with Gasteiger partial charge in [0.15, 0.2) is 0 Å². The third-order valence-corrected chi connectivity index (χ3v) is 3.70. The normalized spacial score (nSPS) is 20.9. The molecule has 1 N–H and O–H groups in total. The summed E-state index contributed by atoms with van der Waals surface area (Å²) in [6.45, 7) is 6.58. The molecule has 1 aromatic carbocycles. The summed E-state index contributed by atoms with van der Waals surface area (Å²) >= 11 is 6.09. The van der Waals surface area contributed by atoms with E-state index >= 15 is 0 Å². The molecule has 2 heteroatoms. The van der Waals surface area contributed by atoms with Gasteiger partial charge in [0.2, 0.25) is 0 Å². The Morgan fingerprint density at radius 2 is 2.13 bits per heavy atom. The van der Waals surface area contributed by atoms with Gasteiger partial charge in [-0.3, -0.25) is 0 Å². The Labute approximate surface area is 96.8 Å². The molecular formula is C13H18ClN. The Bertz CT molecular complexity index is 354. The van der Waals surface area contributed by atoms with Crippen molar-refractivity contribution in [2.75, 3.05) is 13.1 Å². The summed E-state index contributed by atoms with van der Waals surface area (Å²) in [5.74, 6) is 0.810. The van der Waals surface area contributed by atoms with Gasteiger partial charge in [0.25, 0.3) is 0 Å². The Kier molecular flexibility index (Phi) is 3.32. The molecule has 0 bridgehead atoms. The van der Waals surface area contributed by atoms with E-state index in [0.717, 1.165) is 10.9 Å². The third kappa shape index (κ3) is 2.53. The van der Waals surface area contributed by atoms with E-state index in [2.05, 4.69) is 31.3 Å². The quantitative estimate of drug-likeness (QED) is 0.813. The molecule has 1 aliphatic heterocycles. The van der Waals surface area contributed by atoms with Crippen LogP contribution in [-0.4, -0.2) is 13.1 Å². The monoisotopic (exact) mass is 223 g/mol. The maximum atomic E-state index is 6.09. The highest BCUT2D eigenvalue weighted by atomic mass is 35.5. The van der Waals surface area contributed by atoms with E-state index in [-0.39, 0.29) is 0 Å². The largest absolute Gasteiger partial charge is 0.316 e. The zero-order valence-corrected chi connectivity index (χ0v) is 10.2. The van der Waals surface area contributed by atoms with E-state index in [9.17, 15) is 0 Å². The molecule has 1 unspecified atom stereocenters. The standard InChI is InChI=1S/C13H18ClN/c1-9-6-13(14)10(2)5-12(9)7-11-3-4-15-8-11/h5-6,11,15H,3-4,7-8H2,1-2H3. The number of hydrogen-bond donors (Lipinski definition) is 1. The number of nitrogens with one attached hydrogen (secondary N) is 1. The Balaban J connectivity index is 2.16. The maximum absolute atomic E-state index is 6.09. The van der Waals surface area contributed by atoms with Crippen molar-refractivity contribution >= 4 is 11.6 Å². The van der Waals surface area contributed by atoms with Crippen molar-refractivity contribution in [1.82, 2.24) is 5.32 Å². The van der Waals surface area contributed by atoms with E-state index < -0.39 is 0 Å². The second-order valence-corrected chi connectivity index (χ2v) is 5.00. The fourth-order valence-electron chi connectivity index (χ4n) is 2.26. The molecule has 0 amide bonds. The van der Waals surface area contributed by atoms with Crippen LogP contribution in [0, 0.1) is 19.8 Å². The first-order valence-electron chi connectivity index (χ1n) is 5.63. The van der Waals surface area contributed by atoms with Gasteiger partial charge in [0.05, 0.1) is 0 Å². The maximum Gasteiger partial charge on any atom is 0.0438 e. The van der Waals surface area contributed by atoms with Gasteiger partial charge >= 0.3 is 0 Å². The summed E-state index contributed by atoms with van der Waals surface area (Å²) in [5.41, 5.74) is 3.99. The fourth-order valence-corrected chi connectivity index (χ4v) is 2.48. The van der Waals surface area contributed by atoms with Crippen molar-refractivity contribution in [3.8, 4) is 0 Å². The smallest absolute Gasteiger partial charge is 0.0438 e. The molecule has 2 rings (SSSR count). The lowest BCUT2D eigenvalue weighted by atomic mass is 9.94. The van der Waals surface area contributed by atoms with Gasteiger partial charge in [0, 0.05) is 5.02 Å². The fraction of sp³-hybridized carbons (Fsp3) is 0.538. The van der Waals surface area contributed by atoms with Gasteiger partial charge < -0.3 is 5.32 Å². The lowest BCUT2D eigenvalue weighted by Crippen LogP contribution is -2.11. The third-order valence-electron chi connectivity index (χ3n) is 3.29. The summed E-state index contributed by atoms with van der Waals surface area (Å²) in [5, 5.41) is 4.30. The minimum Gasteiger partial charge on any atom is -0.316 e. The van der Waals surface area contributed by atoms with E-state index in [0.29, 0.717) is 0 Å². The Morgan fingerprint density at radius 3 is 2.80 bits per heavy atom. The summed E-state index contributed by atoms with van der Waals surface area (Å²) in [6, 6.07) is 4.34. The molecule has 82 valence electrons. The van der Waals surface area contributed by atoms with Gasteiger partial charge in [-0.15, -0.1) is 0 Å². The van der Waals surface area contributed by atoms with Gasteiger partial charge in [-0.1, -0.05) is 17.7 Å².